The maximum atomic E-state index is 12.9. The SMILES string of the molecule is CCCNC1COCC1C(=O)N(CC)C1CCCCC1. The van der Waals surface area contributed by atoms with Crippen LogP contribution in [-0.2, 0) is 9.53 Å². The highest BCUT2D eigenvalue weighted by molar-refractivity contribution is 5.80. The second-order valence-corrected chi connectivity index (χ2v) is 6.12. The van der Waals surface area contributed by atoms with Crippen molar-refractivity contribution in [1.29, 1.82) is 0 Å². The van der Waals surface area contributed by atoms with Crippen LogP contribution in [0.2, 0.25) is 0 Å². The van der Waals surface area contributed by atoms with Gasteiger partial charge >= 0.3 is 0 Å². The lowest BCUT2D eigenvalue weighted by Crippen LogP contribution is -2.49. The van der Waals surface area contributed by atoms with E-state index in [0.29, 0.717) is 25.2 Å². The lowest BCUT2D eigenvalue weighted by molar-refractivity contribution is -0.138. The molecule has 4 nitrogen and oxygen atoms in total. The van der Waals surface area contributed by atoms with Crippen molar-refractivity contribution in [1.82, 2.24) is 10.2 Å². The smallest absolute Gasteiger partial charge is 0.229 e. The van der Waals surface area contributed by atoms with Crippen LogP contribution in [0.1, 0.15) is 52.4 Å². The Kier molecular flexibility index (Phi) is 6.30. The fourth-order valence-electron chi connectivity index (χ4n) is 3.53. The number of nitrogens with one attached hydrogen (secondary N) is 1. The van der Waals surface area contributed by atoms with Crippen LogP contribution in [0.5, 0.6) is 0 Å². The Bertz CT molecular complexity index is 303. The Morgan fingerprint density at radius 3 is 2.60 bits per heavy atom. The van der Waals surface area contributed by atoms with Crippen LogP contribution in [0.3, 0.4) is 0 Å². The number of carbonyl (C=O) groups excluding carboxylic acids is 1. The first-order chi connectivity index (χ1) is 9.77. The van der Waals surface area contributed by atoms with Gasteiger partial charge in [-0.25, -0.2) is 0 Å². The highest BCUT2D eigenvalue weighted by atomic mass is 16.5. The normalized spacial score (nSPS) is 27.7. The average molecular weight is 282 g/mol. The number of nitrogens with zero attached hydrogens (tertiary/aromatic N) is 1. The first-order valence-electron chi connectivity index (χ1n) is 8.39. The summed E-state index contributed by atoms with van der Waals surface area (Å²) in [6.45, 7) is 7.33. The summed E-state index contributed by atoms with van der Waals surface area (Å²) in [5.41, 5.74) is 0. The largest absolute Gasteiger partial charge is 0.379 e. The quantitative estimate of drug-likeness (QED) is 0.812. The Labute approximate surface area is 123 Å². The molecule has 1 heterocycles. The molecule has 1 aliphatic carbocycles. The monoisotopic (exact) mass is 282 g/mol. The zero-order valence-electron chi connectivity index (χ0n) is 13.1. The summed E-state index contributed by atoms with van der Waals surface area (Å²) in [7, 11) is 0. The molecule has 2 fully saturated rings. The van der Waals surface area contributed by atoms with Crippen molar-refractivity contribution in [2.24, 2.45) is 5.92 Å². The molecular weight excluding hydrogens is 252 g/mol. The summed E-state index contributed by atoms with van der Waals surface area (Å²) < 4.78 is 5.56. The first kappa shape index (κ1) is 15.8. The number of hydrogen-bond acceptors (Lipinski definition) is 3. The van der Waals surface area contributed by atoms with Gasteiger partial charge in [0.2, 0.25) is 5.91 Å². The second kappa shape index (κ2) is 7.99. The van der Waals surface area contributed by atoms with Crippen LogP contribution in [0, 0.1) is 5.92 Å². The minimum Gasteiger partial charge on any atom is -0.379 e. The average Bonchev–Trinajstić information content (AvgIpc) is 2.95. The molecule has 1 N–H and O–H groups in total. The van der Waals surface area contributed by atoms with Gasteiger partial charge in [-0.3, -0.25) is 4.79 Å². The van der Waals surface area contributed by atoms with E-state index in [1.165, 1.54) is 32.1 Å². The van der Waals surface area contributed by atoms with Crippen LogP contribution in [0.15, 0.2) is 0 Å². The van der Waals surface area contributed by atoms with Crippen LogP contribution in [0.25, 0.3) is 0 Å². The molecule has 20 heavy (non-hydrogen) atoms. The molecule has 116 valence electrons. The Hall–Kier alpha value is -0.610. The van der Waals surface area contributed by atoms with E-state index in [4.69, 9.17) is 4.74 Å². The van der Waals surface area contributed by atoms with Gasteiger partial charge in [-0.15, -0.1) is 0 Å². The Balaban J connectivity index is 1.95. The summed E-state index contributed by atoms with van der Waals surface area (Å²) in [4.78, 5) is 15.0. The molecule has 2 rings (SSSR count). The summed E-state index contributed by atoms with van der Waals surface area (Å²) in [5, 5.41) is 3.47. The molecule has 4 heteroatoms. The lowest BCUT2D eigenvalue weighted by Gasteiger charge is -2.36. The van der Waals surface area contributed by atoms with Crippen molar-refractivity contribution in [3.8, 4) is 0 Å². The predicted octanol–water partition coefficient (Wildman–Crippen LogP) is 2.18. The highest BCUT2D eigenvalue weighted by Gasteiger charge is 2.37. The van der Waals surface area contributed by atoms with Crippen LogP contribution < -0.4 is 5.32 Å². The van der Waals surface area contributed by atoms with Gasteiger partial charge in [0.15, 0.2) is 0 Å². The second-order valence-electron chi connectivity index (χ2n) is 6.12. The van der Waals surface area contributed by atoms with Crippen molar-refractivity contribution in [3.63, 3.8) is 0 Å². The zero-order valence-corrected chi connectivity index (χ0v) is 13.1. The molecule has 0 bridgehead atoms. The maximum absolute atomic E-state index is 12.9. The Morgan fingerprint density at radius 1 is 1.20 bits per heavy atom. The van der Waals surface area contributed by atoms with Gasteiger partial charge in [0, 0.05) is 18.6 Å². The molecule has 1 amide bonds. The van der Waals surface area contributed by atoms with E-state index >= 15 is 0 Å². The lowest BCUT2D eigenvalue weighted by atomic mass is 9.92. The van der Waals surface area contributed by atoms with Gasteiger partial charge in [0.05, 0.1) is 19.1 Å². The van der Waals surface area contributed by atoms with E-state index in [2.05, 4.69) is 24.1 Å². The number of amides is 1. The van der Waals surface area contributed by atoms with E-state index in [0.717, 1.165) is 19.5 Å². The van der Waals surface area contributed by atoms with Crippen molar-refractivity contribution in [2.75, 3.05) is 26.3 Å². The van der Waals surface area contributed by atoms with Crippen LogP contribution in [-0.4, -0.2) is 49.2 Å². The van der Waals surface area contributed by atoms with Gasteiger partial charge in [-0.2, -0.15) is 0 Å². The number of carbonyl (C=O) groups is 1. The van der Waals surface area contributed by atoms with Gasteiger partial charge in [0.25, 0.3) is 0 Å². The molecule has 1 saturated carbocycles. The summed E-state index contributed by atoms with van der Waals surface area (Å²) in [6.07, 6.45) is 7.33. The molecule has 0 aromatic rings. The van der Waals surface area contributed by atoms with Crippen molar-refractivity contribution >= 4 is 5.91 Å². The fourth-order valence-corrected chi connectivity index (χ4v) is 3.53. The van der Waals surface area contributed by atoms with E-state index in [1.807, 2.05) is 0 Å². The topological polar surface area (TPSA) is 41.6 Å². The molecule has 2 unspecified atom stereocenters. The number of rotatable bonds is 6. The zero-order chi connectivity index (χ0) is 14.4. The first-order valence-corrected chi connectivity index (χ1v) is 8.39. The van der Waals surface area contributed by atoms with Crippen molar-refractivity contribution < 1.29 is 9.53 Å². The predicted molar refractivity (Wildman–Crippen MR) is 80.7 cm³/mol. The molecule has 0 aromatic carbocycles. The van der Waals surface area contributed by atoms with Crippen LogP contribution >= 0.6 is 0 Å². The molecule has 0 radical (unpaired) electrons. The number of hydrogen-bond donors (Lipinski definition) is 1. The van der Waals surface area contributed by atoms with Gasteiger partial charge < -0.3 is 15.0 Å². The number of ether oxygens (including phenoxy) is 1. The molecule has 1 saturated heterocycles. The van der Waals surface area contributed by atoms with Gasteiger partial charge in [-0.1, -0.05) is 26.2 Å². The van der Waals surface area contributed by atoms with E-state index < -0.39 is 0 Å². The maximum Gasteiger partial charge on any atom is 0.229 e. The van der Waals surface area contributed by atoms with E-state index in [9.17, 15) is 4.79 Å². The molecule has 0 spiro atoms. The third-order valence-corrected chi connectivity index (χ3v) is 4.69. The molecular formula is C16H30N2O2. The third kappa shape index (κ3) is 3.73. The van der Waals surface area contributed by atoms with Crippen molar-refractivity contribution in [3.05, 3.63) is 0 Å². The van der Waals surface area contributed by atoms with E-state index in [-0.39, 0.29) is 12.0 Å². The third-order valence-electron chi connectivity index (χ3n) is 4.69. The summed E-state index contributed by atoms with van der Waals surface area (Å²) >= 11 is 0. The standard InChI is InChI=1S/C16H30N2O2/c1-3-10-17-15-12-20-11-14(15)16(19)18(4-2)13-8-6-5-7-9-13/h13-15,17H,3-12H2,1-2H3. The minimum absolute atomic E-state index is 0.0171. The van der Waals surface area contributed by atoms with Crippen LogP contribution in [0.4, 0.5) is 0 Å². The Morgan fingerprint density at radius 2 is 1.95 bits per heavy atom. The van der Waals surface area contributed by atoms with E-state index in [1.54, 1.807) is 0 Å². The fraction of sp³-hybridized carbons (Fsp3) is 0.938. The van der Waals surface area contributed by atoms with Crippen molar-refractivity contribution in [2.45, 2.75) is 64.5 Å². The molecule has 2 aliphatic rings. The summed E-state index contributed by atoms with van der Waals surface area (Å²) in [5.74, 6) is 0.328. The van der Waals surface area contributed by atoms with Gasteiger partial charge in [0.1, 0.15) is 0 Å². The highest BCUT2D eigenvalue weighted by Crippen LogP contribution is 2.25. The minimum atomic E-state index is 0.0171. The molecule has 2 atom stereocenters. The van der Waals surface area contributed by atoms with Gasteiger partial charge in [-0.05, 0) is 32.7 Å². The molecule has 0 aromatic heterocycles. The molecule has 1 aliphatic heterocycles. The summed E-state index contributed by atoms with van der Waals surface area (Å²) in [6, 6.07) is 0.675.